The zero-order chi connectivity index (χ0) is 8.43. The number of ether oxygens (including phenoxy) is 1. The molecule has 1 aliphatic heterocycles. The Morgan fingerprint density at radius 3 is 2.27 bits per heavy atom. The van der Waals surface area contributed by atoms with Crippen molar-refractivity contribution in [2.75, 3.05) is 13.7 Å². The third-order valence-electron chi connectivity index (χ3n) is 1.83. The number of hydrogen-bond donors (Lipinski definition) is 4. The molecule has 11 heavy (non-hydrogen) atoms. The van der Waals surface area contributed by atoms with E-state index >= 15 is 0 Å². The highest BCUT2D eigenvalue weighted by Gasteiger charge is 2.41. The van der Waals surface area contributed by atoms with Crippen molar-refractivity contribution in [3.63, 3.8) is 0 Å². The molecule has 1 heterocycles. The molecule has 1 saturated heterocycles. The lowest BCUT2D eigenvalue weighted by Crippen LogP contribution is -2.38. The molecule has 5 nitrogen and oxygen atoms in total. The van der Waals surface area contributed by atoms with E-state index < -0.39 is 24.5 Å². The monoisotopic (exact) mass is 163 g/mol. The van der Waals surface area contributed by atoms with Crippen LogP contribution in [0.1, 0.15) is 0 Å². The second-order valence-corrected chi connectivity index (χ2v) is 2.55. The van der Waals surface area contributed by atoms with Gasteiger partial charge in [0.05, 0.1) is 6.61 Å². The second kappa shape index (κ2) is 3.46. The molecule has 0 bridgehead atoms. The topological polar surface area (TPSA) is 82.0 Å². The summed E-state index contributed by atoms with van der Waals surface area (Å²) in [5.74, 6) is 0. The van der Waals surface area contributed by atoms with Crippen LogP contribution in [0.3, 0.4) is 0 Å². The lowest BCUT2D eigenvalue weighted by atomic mass is 10.1. The maximum atomic E-state index is 9.21. The normalized spacial score (nSPS) is 44.7. The highest BCUT2D eigenvalue weighted by molar-refractivity contribution is 4.88. The van der Waals surface area contributed by atoms with Crippen LogP contribution in [0.15, 0.2) is 0 Å². The first-order valence-electron chi connectivity index (χ1n) is 3.50. The van der Waals surface area contributed by atoms with Gasteiger partial charge in [-0.15, -0.1) is 0 Å². The highest BCUT2D eigenvalue weighted by atomic mass is 16.6. The number of aliphatic hydroxyl groups excluding tert-OH is 3. The summed E-state index contributed by atoms with van der Waals surface area (Å²) in [6.07, 6.45) is -3.22. The highest BCUT2D eigenvalue weighted by Crippen LogP contribution is 2.18. The molecule has 0 spiro atoms. The largest absolute Gasteiger partial charge is 0.394 e. The maximum absolute atomic E-state index is 9.21. The van der Waals surface area contributed by atoms with Gasteiger partial charge in [-0.2, -0.15) is 0 Å². The molecule has 66 valence electrons. The van der Waals surface area contributed by atoms with Crippen LogP contribution < -0.4 is 5.32 Å². The van der Waals surface area contributed by atoms with Gasteiger partial charge in [0.15, 0.2) is 0 Å². The summed E-state index contributed by atoms with van der Waals surface area (Å²) in [5, 5.41) is 29.7. The first kappa shape index (κ1) is 8.89. The van der Waals surface area contributed by atoms with Gasteiger partial charge in [-0.1, -0.05) is 0 Å². The van der Waals surface area contributed by atoms with Crippen molar-refractivity contribution in [1.82, 2.24) is 5.32 Å². The minimum absolute atomic E-state index is 0.281. The van der Waals surface area contributed by atoms with E-state index in [2.05, 4.69) is 5.32 Å². The van der Waals surface area contributed by atoms with Gasteiger partial charge in [0.25, 0.3) is 0 Å². The average molecular weight is 163 g/mol. The Morgan fingerprint density at radius 1 is 1.36 bits per heavy atom. The molecule has 1 aliphatic rings. The molecule has 5 heteroatoms. The van der Waals surface area contributed by atoms with E-state index in [-0.39, 0.29) is 6.61 Å². The van der Waals surface area contributed by atoms with Gasteiger partial charge in [0.1, 0.15) is 24.5 Å². The van der Waals surface area contributed by atoms with Gasteiger partial charge in [0, 0.05) is 0 Å². The molecule has 0 aromatic carbocycles. The van der Waals surface area contributed by atoms with E-state index in [4.69, 9.17) is 9.84 Å². The van der Waals surface area contributed by atoms with E-state index in [1.54, 1.807) is 7.05 Å². The Bertz CT molecular complexity index is 114. The van der Waals surface area contributed by atoms with Crippen LogP contribution in [-0.4, -0.2) is 53.5 Å². The predicted molar refractivity (Wildman–Crippen MR) is 36.8 cm³/mol. The molecule has 0 aromatic heterocycles. The number of likely N-dealkylation sites (N-methyl/N-ethyl adjacent to an activating group) is 1. The molecule has 1 rings (SSSR count). The number of rotatable bonds is 2. The Balaban J connectivity index is 2.53. The molecule has 1 fully saturated rings. The second-order valence-electron chi connectivity index (χ2n) is 2.55. The first-order chi connectivity index (χ1) is 5.20. The smallest absolute Gasteiger partial charge is 0.137 e. The van der Waals surface area contributed by atoms with Gasteiger partial charge in [-0.3, -0.25) is 5.32 Å². The van der Waals surface area contributed by atoms with E-state index in [0.717, 1.165) is 0 Å². The van der Waals surface area contributed by atoms with Gasteiger partial charge in [-0.25, -0.2) is 0 Å². The molecule has 0 unspecified atom stereocenters. The van der Waals surface area contributed by atoms with Crippen molar-refractivity contribution >= 4 is 0 Å². The SMILES string of the molecule is CN[C@@H]1O[C@H](CO)[C@@H](O)[C@H]1O. The van der Waals surface area contributed by atoms with Crippen molar-refractivity contribution in [2.24, 2.45) is 0 Å². The van der Waals surface area contributed by atoms with Crippen molar-refractivity contribution in [2.45, 2.75) is 24.5 Å². The molecule has 0 saturated carbocycles. The van der Waals surface area contributed by atoms with Crippen molar-refractivity contribution in [1.29, 1.82) is 0 Å². The summed E-state index contributed by atoms with van der Waals surface area (Å²) in [6, 6.07) is 0. The standard InChI is InChI=1S/C6H13NO4/c1-7-6-5(10)4(9)3(2-8)11-6/h3-10H,2H2,1H3/t3-,4-,5-,6-/m1/s1. The quantitative estimate of drug-likeness (QED) is 0.366. The minimum Gasteiger partial charge on any atom is -0.394 e. The van der Waals surface area contributed by atoms with Crippen LogP contribution >= 0.6 is 0 Å². The summed E-state index contributed by atoms with van der Waals surface area (Å²) in [7, 11) is 1.61. The fraction of sp³-hybridized carbons (Fsp3) is 1.00. The van der Waals surface area contributed by atoms with Gasteiger partial charge in [0.2, 0.25) is 0 Å². The van der Waals surface area contributed by atoms with Gasteiger partial charge < -0.3 is 20.1 Å². The zero-order valence-electron chi connectivity index (χ0n) is 6.27. The van der Waals surface area contributed by atoms with Crippen molar-refractivity contribution in [3.8, 4) is 0 Å². The lowest BCUT2D eigenvalue weighted by molar-refractivity contribution is -0.0302. The Morgan fingerprint density at radius 2 is 2.00 bits per heavy atom. The van der Waals surface area contributed by atoms with E-state index in [9.17, 15) is 10.2 Å². The minimum atomic E-state index is -1.00. The molecular weight excluding hydrogens is 150 g/mol. The number of nitrogens with one attached hydrogen (secondary N) is 1. The summed E-state index contributed by atoms with van der Waals surface area (Å²) < 4.78 is 5.02. The average Bonchev–Trinajstić information content (AvgIpc) is 2.30. The summed E-state index contributed by atoms with van der Waals surface area (Å²) in [5.41, 5.74) is 0. The Kier molecular flexibility index (Phi) is 2.80. The van der Waals surface area contributed by atoms with Crippen LogP contribution in [0.4, 0.5) is 0 Å². The molecule has 0 radical (unpaired) electrons. The van der Waals surface area contributed by atoms with E-state index in [1.807, 2.05) is 0 Å². The molecular formula is C6H13NO4. The maximum Gasteiger partial charge on any atom is 0.137 e. The van der Waals surface area contributed by atoms with E-state index in [0.29, 0.717) is 0 Å². The summed E-state index contributed by atoms with van der Waals surface area (Å²) in [6.45, 7) is -0.281. The third kappa shape index (κ3) is 1.52. The Hall–Kier alpha value is -0.200. The molecule has 0 aromatic rings. The third-order valence-corrected chi connectivity index (χ3v) is 1.83. The first-order valence-corrected chi connectivity index (χ1v) is 3.50. The predicted octanol–water partition coefficient (Wildman–Crippen LogP) is -2.36. The Labute approximate surface area is 64.6 Å². The van der Waals surface area contributed by atoms with Crippen molar-refractivity contribution < 1.29 is 20.1 Å². The van der Waals surface area contributed by atoms with Crippen LogP contribution in [0, 0.1) is 0 Å². The van der Waals surface area contributed by atoms with Crippen LogP contribution in [0.2, 0.25) is 0 Å². The molecule has 4 N–H and O–H groups in total. The lowest BCUT2D eigenvalue weighted by Gasteiger charge is -2.12. The van der Waals surface area contributed by atoms with Crippen LogP contribution in [0.5, 0.6) is 0 Å². The molecule has 0 amide bonds. The van der Waals surface area contributed by atoms with E-state index in [1.165, 1.54) is 0 Å². The van der Waals surface area contributed by atoms with Gasteiger partial charge >= 0.3 is 0 Å². The number of hydrogen-bond acceptors (Lipinski definition) is 5. The fourth-order valence-electron chi connectivity index (χ4n) is 1.14. The van der Waals surface area contributed by atoms with Crippen molar-refractivity contribution in [3.05, 3.63) is 0 Å². The summed E-state index contributed by atoms with van der Waals surface area (Å²) in [4.78, 5) is 0. The number of aliphatic hydroxyl groups is 3. The fourth-order valence-corrected chi connectivity index (χ4v) is 1.14. The van der Waals surface area contributed by atoms with Crippen LogP contribution in [0.25, 0.3) is 0 Å². The van der Waals surface area contributed by atoms with Gasteiger partial charge in [-0.05, 0) is 7.05 Å². The summed E-state index contributed by atoms with van der Waals surface area (Å²) >= 11 is 0. The molecule has 4 atom stereocenters. The molecule has 0 aliphatic carbocycles. The van der Waals surface area contributed by atoms with Crippen LogP contribution in [-0.2, 0) is 4.74 Å². The zero-order valence-corrected chi connectivity index (χ0v) is 6.27.